The van der Waals surface area contributed by atoms with Crippen LogP contribution in [0.2, 0.25) is 0 Å². The molecule has 1 spiro atoms. The van der Waals surface area contributed by atoms with E-state index in [0.29, 0.717) is 36.6 Å². The van der Waals surface area contributed by atoms with Gasteiger partial charge in [-0.2, -0.15) is 0 Å². The minimum Gasteiger partial charge on any atom is -0.497 e. The Balaban J connectivity index is 1.48. The summed E-state index contributed by atoms with van der Waals surface area (Å²) in [6.45, 7) is 1.27. The van der Waals surface area contributed by atoms with Crippen LogP contribution in [0.15, 0.2) is 18.2 Å². The second-order valence-corrected chi connectivity index (χ2v) is 8.03. The highest BCUT2D eigenvalue weighted by atomic mass is 16.5. The smallest absolute Gasteiger partial charge is 0.258 e. The van der Waals surface area contributed by atoms with E-state index < -0.39 is 5.72 Å². The van der Waals surface area contributed by atoms with Gasteiger partial charge in [-0.25, -0.2) is 0 Å². The van der Waals surface area contributed by atoms with Gasteiger partial charge in [-0.05, 0) is 43.7 Å². The fraction of sp³-hybridized carbons (Fsp3) is 0.619. The van der Waals surface area contributed by atoms with Crippen LogP contribution < -0.4 is 20.1 Å². The highest BCUT2D eigenvalue weighted by Gasteiger charge is 2.57. The molecule has 4 atom stereocenters. The lowest BCUT2D eigenvalue weighted by atomic mass is 9.60. The van der Waals surface area contributed by atoms with Crippen molar-refractivity contribution in [2.45, 2.75) is 37.8 Å². The zero-order valence-corrected chi connectivity index (χ0v) is 16.5. The van der Waals surface area contributed by atoms with Crippen LogP contribution in [-0.2, 0) is 9.53 Å². The molecule has 7 heteroatoms. The highest BCUT2D eigenvalue weighted by molar-refractivity contribution is 5.98. The lowest BCUT2D eigenvalue weighted by molar-refractivity contribution is -0.146. The van der Waals surface area contributed by atoms with Gasteiger partial charge < -0.3 is 24.8 Å². The predicted octanol–water partition coefficient (Wildman–Crippen LogP) is 2.10. The van der Waals surface area contributed by atoms with E-state index in [1.54, 1.807) is 32.4 Å². The standard InChI is InChI=1S/C21H28N2O5/c1-26-9-3-8-22-19(24)17-10-14-5-4-13(17)12-21(14)23-20(25)16-7-6-15(27-2)11-18(16)28-21/h6-7,11,13-14,17H,3-5,8-10,12H2,1-2H3,(H,22,24)(H,23,25)/t13-,14+,17-,21-/m0/s1. The number of benzene rings is 1. The Morgan fingerprint density at radius 1 is 1.36 bits per heavy atom. The number of carbonyl (C=O) groups is 2. The van der Waals surface area contributed by atoms with Crippen LogP contribution in [-0.4, -0.2) is 44.9 Å². The van der Waals surface area contributed by atoms with E-state index in [2.05, 4.69) is 10.6 Å². The zero-order chi connectivity index (χ0) is 19.7. The Morgan fingerprint density at radius 2 is 2.21 bits per heavy atom. The molecule has 0 saturated heterocycles. The van der Waals surface area contributed by atoms with Gasteiger partial charge in [0.25, 0.3) is 5.91 Å². The molecule has 0 unspecified atom stereocenters. The lowest BCUT2D eigenvalue weighted by Gasteiger charge is -2.55. The van der Waals surface area contributed by atoms with Gasteiger partial charge in [0.15, 0.2) is 5.72 Å². The number of nitrogens with one attached hydrogen (secondary N) is 2. The number of hydrogen-bond acceptors (Lipinski definition) is 5. The van der Waals surface area contributed by atoms with Gasteiger partial charge in [0.05, 0.1) is 12.7 Å². The van der Waals surface area contributed by atoms with Crippen molar-refractivity contribution in [3.8, 4) is 11.5 Å². The summed E-state index contributed by atoms with van der Waals surface area (Å²) in [5.41, 5.74) is -0.188. The van der Waals surface area contributed by atoms with E-state index in [-0.39, 0.29) is 29.6 Å². The summed E-state index contributed by atoms with van der Waals surface area (Å²) >= 11 is 0. The maximum absolute atomic E-state index is 12.7. The number of methoxy groups -OCH3 is 2. The van der Waals surface area contributed by atoms with Crippen molar-refractivity contribution in [3.05, 3.63) is 23.8 Å². The van der Waals surface area contributed by atoms with Crippen molar-refractivity contribution in [2.24, 2.45) is 17.8 Å². The minimum absolute atomic E-state index is 0.0147. The lowest BCUT2D eigenvalue weighted by Crippen LogP contribution is -2.66. The van der Waals surface area contributed by atoms with E-state index in [9.17, 15) is 9.59 Å². The maximum atomic E-state index is 12.7. The molecule has 3 fully saturated rings. The summed E-state index contributed by atoms with van der Waals surface area (Å²) in [5.74, 6) is 1.55. The first-order valence-electron chi connectivity index (χ1n) is 10.0. The molecule has 4 aliphatic rings. The van der Waals surface area contributed by atoms with Gasteiger partial charge in [-0.15, -0.1) is 0 Å². The molecule has 5 rings (SSSR count). The summed E-state index contributed by atoms with van der Waals surface area (Å²) < 4.78 is 16.7. The van der Waals surface area contributed by atoms with Gasteiger partial charge in [0.1, 0.15) is 11.5 Å². The Hall–Kier alpha value is -2.28. The molecule has 2 amide bonds. The molecule has 1 aromatic rings. The number of fused-ring (bicyclic) bond motifs is 3. The SMILES string of the molecule is COCCCNC(=O)[C@H]1C[C@H]2CC[C@H]1C[C@@]21NC(=O)c2ccc(OC)cc2O1. The third-order valence-electron chi connectivity index (χ3n) is 6.43. The minimum atomic E-state index is -0.716. The number of ether oxygens (including phenoxy) is 3. The summed E-state index contributed by atoms with van der Waals surface area (Å²) in [7, 11) is 3.26. The Kier molecular flexibility index (Phi) is 5.19. The third kappa shape index (κ3) is 3.32. The van der Waals surface area contributed by atoms with E-state index in [0.717, 1.165) is 25.7 Å². The number of rotatable bonds is 6. The second-order valence-electron chi connectivity index (χ2n) is 8.03. The third-order valence-corrected chi connectivity index (χ3v) is 6.43. The van der Waals surface area contributed by atoms with Crippen LogP contribution in [0.4, 0.5) is 0 Å². The normalized spacial score (nSPS) is 30.4. The van der Waals surface area contributed by atoms with Gasteiger partial charge in [-0.3, -0.25) is 9.59 Å². The van der Waals surface area contributed by atoms with E-state index >= 15 is 0 Å². The van der Waals surface area contributed by atoms with Crippen LogP contribution in [0.3, 0.4) is 0 Å². The largest absolute Gasteiger partial charge is 0.497 e. The van der Waals surface area contributed by atoms with Gasteiger partial charge in [0.2, 0.25) is 5.91 Å². The molecule has 1 heterocycles. The Bertz CT molecular complexity index is 767. The number of hydrogen-bond donors (Lipinski definition) is 2. The fourth-order valence-corrected chi connectivity index (χ4v) is 5.00. The molecule has 7 nitrogen and oxygen atoms in total. The van der Waals surface area contributed by atoms with Crippen LogP contribution in [0.5, 0.6) is 11.5 Å². The topological polar surface area (TPSA) is 85.9 Å². The number of amides is 2. The van der Waals surface area contributed by atoms with E-state index in [1.807, 2.05) is 0 Å². The van der Waals surface area contributed by atoms with Gasteiger partial charge in [-0.1, -0.05) is 0 Å². The molecular formula is C21H28N2O5. The second kappa shape index (κ2) is 7.62. The molecule has 0 radical (unpaired) electrons. The molecule has 0 aromatic heterocycles. The first-order chi connectivity index (χ1) is 13.6. The fourth-order valence-electron chi connectivity index (χ4n) is 5.00. The predicted molar refractivity (Wildman–Crippen MR) is 102 cm³/mol. The molecule has 1 aromatic carbocycles. The molecule has 1 aliphatic heterocycles. The maximum Gasteiger partial charge on any atom is 0.258 e. The van der Waals surface area contributed by atoms with Crippen molar-refractivity contribution >= 4 is 11.8 Å². The summed E-state index contributed by atoms with van der Waals surface area (Å²) in [6.07, 6.45) is 4.16. The average Bonchev–Trinajstić information content (AvgIpc) is 2.70. The van der Waals surface area contributed by atoms with Crippen molar-refractivity contribution < 1.29 is 23.8 Å². The zero-order valence-electron chi connectivity index (χ0n) is 16.5. The van der Waals surface area contributed by atoms with Crippen LogP contribution >= 0.6 is 0 Å². The first kappa shape index (κ1) is 19.1. The monoisotopic (exact) mass is 388 g/mol. The van der Waals surface area contributed by atoms with Crippen molar-refractivity contribution in [2.75, 3.05) is 27.4 Å². The summed E-state index contributed by atoms with van der Waals surface area (Å²) in [6, 6.07) is 5.27. The molecule has 152 valence electrons. The van der Waals surface area contributed by atoms with Gasteiger partial charge >= 0.3 is 0 Å². The van der Waals surface area contributed by atoms with Crippen LogP contribution in [0.25, 0.3) is 0 Å². The quantitative estimate of drug-likeness (QED) is 0.729. The van der Waals surface area contributed by atoms with Gasteiger partial charge in [0, 0.05) is 44.6 Å². The van der Waals surface area contributed by atoms with Crippen molar-refractivity contribution in [1.29, 1.82) is 0 Å². The molecular weight excluding hydrogens is 360 g/mol. The van der Waals surface area contributed by atoms with E-state index in [4.69, 9.17) is 14.2 Å². The molecule has 3 saturated carbocycles. The van der Waals surface area contributed by atoms with Crippen LogP contribution in [0, 0.1) is 17.8 Å². The van der Waals surface area contributed by atoms with Crippen molar-refractivity contribution in [3.63, 3.8) is 0 Å². The average molecular weight is 388 g/mol. The molecule has 28 heavy (non-hydrogen) atoms. The number of carbonyl (C=O) groups excluding carboxylic acids is 2. The van der Waals surface area contributed by atoms with Crippen molar-refractivity contribution in [1.82, 2.24) is 10.6 Å². The first-order valence-corrected chi connectivity index (χ1v) is 10.0. The highest BCUT2D eigenvalue weighted by Crippen LogP contribution is 2.52. The Morgan fingerprint density at radius 3 is 2.93 bits per heavy atom. The molecule has 3 aliphatic carbocycles. The molecule has 2 bridgehead atoms. The Labute approximate surface area is 165 Å². The van der Waals surface area contributed by atoms with E-state index in [1.165, 1.54) is 0 Å². The summed E-state index contributed by atoms with van der Waals surface area (Å²) in [4.78, 5) is 25.4. The van der Waals surface area contributed by atoms with Crippen LogP contribution in [0.1, 0.15) is 42.5 Å². The molecule has 2 N–H and O–H groups in total. The summed E-state index contributed by atoms with van der Waals surface area (Å²) in [5, 5.41) is 6.17.